The quantitative estimate of drug-likeness (QED) is 0.597. The van der Waals surface area contributed by atoms with Gasteiger partial charge in [-0.05, 0) is 24.1 Å². The molecule has 4 rings (SSSR count). The number of hydrogen-bond donors (Lipinski definition) is 2. The number of benzene rings is 1. The molecule has 0 atom stereocenters. The molecule has 0 bridgehead atoms. The Morgan fingerprint density at radius 3 is 2.86 bits per heavy atom. The molecule has 0 fully saturated rings. The maximum Gasteiger partial charge on any atom is 0.303 e. The van der Waals surface area contributed by atoms with Crippen LogP contribution in [0, 0.1) is 0 Å². The summed E-state index contributed by atoms with van der Waals surface area (Å²) in [4.78, 5) is 20.2. The molecule has 9 nitrogen and oxygen atoms in total. The first kappa shape index (κ1) is 19.0. The Morgan fingerprint density at radius 1 is 1.24 bits per heavy atom. The van der Waals surface area contributed by atoms with Gasteiger partial charge in [-0.25, -0.2) is 9.97 Å². The van der Waals surface area contributed by atoms with Crippen molar-refractivity contribution in [1.82, 2.24) is 19.7 Å². The van der Waals surface area contributed by atoms with Gasteiger partial charge in [-0.15, -0.1) is 0 Å². The molecule has 2 N–H and O–H groups in total. The molecule has 1 aliphatic heterocycles. The van der Waals surface area contributed by atoms with Crippen molar-refractivity contribution < 1.29 is 19.4 Å². The SMILES string of the molecule is CCCc1nn(C)c2c(NCc3ccc4c(c3)OCO4)nc(CCC(=O)O)nc12. The predicted molar refractivity (Wildman–Crippen MR) is 106 cm³/mol. The van der Waals surface area contributed by atoms with E-state index in [1.165, 1.54) is 0 Å². The van der Waals surface area contributed by atoms with E-state index in [0.29, 0.717) is 18.2 Å². The summed E-state index contributed by atoms with van der Waals surface area (Å²) in [6.45, 7) is 2.85. The highest BCUT2D eigenvalue weighted by Gasteiger charge is 2.18. The Kier molecular flexibility index (Phi) is 5.20. The predicted octanol–water partition coefficient (Wildman–Crippen LogP) is 2.67. The molecule has 0 spiro atoms. The van der Waals surface area contributed by atoms with Crippen molar-refractivity contribution in [3.8, 4) is 11.5 Å². The van der Waals surface area contributed by atoms with Crippen LogP contribution in [0.2, 0.25) is 0 Å². The van der Waals surface area contributed by atoms with Crippen LogP contribution in [0.3, 0.4) is 0 Å². The summed E-state index contributed by atoms with van der Waals surface area (Å²) in [5, 5.41) is 17.0. The Balaban J connectivity index is 1.66. The van der Waals surface area contributed by atoms with Gasteiger partial charge in [0, 0.05) is 20.0 Å². The Hall–Kier alpha value is -3.36. The number of carbonyl (C=O) groups is 1. The van der Waals surface area contributed by atoms with Crippen LogP contribution in [0.5, 0.6) is 11.5 Å². The zero-order chi connectivity index (χ0) is 20.4. The second kappa shape index (κ2) is 7.94. The third-order valence-electron chi connectivity index (χ3n) is 4.74. The van der Waals surface area contributed by atoms with Gasteiger partial charge in [0.05, 0.1) is 12.1 Å². The van der Waals surface area contributed by atoms with Gasteiger partial charge in [0.25, 0.3) is 0 Å². The molecule has 1 aliphatic rings. The maximum absolute atomic E-state index is 11.0. The molecule has 152 valence electrons. The van der Waals surface area contributed by atoms with Gasteiger partial charge in [-0.1, -0.05) is 19.4 Å². The largest absolute Gasteiger partial charge is 0.481 e. The van der Waals surface area contributed by atoms with Gasteiger partial charge < -0.3 is 19.9 Å². The fraction of sp³-hybridized carbons (Fsp3) is 0.400. The fourth-order valence-corrected chi connectivity index (χ4v) is 3.38. The van der Waals surface area contributed by atoms with Crippen molar-refractivity contribution in [3.05, 3.63) is 35.3 Å². The Labute approximate surface area is 167 Å². The van der Waals surface area contributed by atoms with Crippen molar-refractivity contribution in [2.75, 3.05) is 12.1 Å². The molecule has 2 aromatic heterocycles. The smallest absolute Gasteiger partial charge is 0.303 e. The van der Waals surface area contributed by atoms with E-state index in [2.05, 4.69) is 27.3 Å². The number of hydrogen-bond acceptors (Lipinski definition) is 7. The second-order valence-corrected chi connectivity index (χ2v) is 6.94. The number of anilines is 1. The number of carboxylic acid groups (broad SMARTS) is 1. The van der Waals surface area contributed by atoms with E-state index in [1.807, 2.05) is 25.2 Å². The summed E-state index contributed by atoms with van der Waals surface area (Å²) >= 11 is 0. The molecule has 0 radical (unpaired) electrons. The molecule has 0 aliphatic carbocycles. The lowest BCUT2D eigenvalue weighted by atomic mass is 10.2. The van der Waals surface area contributed by atoms with Gasteiger partial charge in [-0.2, -0.15) is 5.10 Å². The number of fused-ring (bicyclic) bond motifs is 2. The van der Waals surface area contributed by atoms with Gasteiger partial charge in [-0.3, -0.25) is 9.48 Å². The van der Waals surface area contributed by atoms with Crippen molar-refractivity contribution in [2.24, 2.45) is 7.05 Å². The summed E-state index contributed by atoms with van der Waals surface area (Å²) in [7, 11) is 1.87. The molecule has 0 saturated heterocycles. The van der Waals surface area contributed by atoms with E-state index in [0.717, 1.165) is 46.6 Å². The molecule has 0 unspecified atom stereocenters. The zero-order valence-corrected chi connectivity index (χ0v) is 16.4. The first-order valence-corrected chi connectivity index (χ1v) is 9.62. The highest BCUT2D eigenvalue weighted by molar-refractivity contribution is 5.87. The van der Waals surface area contributed by atoms with Gasteiger partial charge in [0.2, 0.25) is 6.79 Å². The van der Waals surface area contributed by atoms with Gasteiger partial charge in [0.1, 0.15) is 16.9 Å². The molecule has 3 aromatic rings. The van der Waals surface area contributed by atoms with Crippen LogP contribution in [0.15, 0.2) is 18.2 Å². The van der Waals surface area contributed by atoms with E-state index in [-0.39, 0.29) is 19.6 Å². The number of rotatable bonds is 8. The highest BCUT2D eigenvalue weighted by Crippen LogP contribution is 2.33. The summed E-state index contributed by atoms with van der Waals surface area (Å²) in [6.07, 6.45) is 2.00. The van der Waals surface area contributed by atoms with Crippen LogP contribution in [0.25, 0.3) is 11.0 Å². The third kappa shape index (κ3) is 3.94. The van der Waals surface area contributed by atoms with Crippen LogP contribution in [0.1, 0.15) is 36.8 Å². The van der Waals surface area contributed by atoms with Crippen molar-refractivity contribution >= 4 is 22.8 Å². The van der Waals surface area contributed by atoms with Gasteiger partial charge >= 0.3 is 5.97 Å². The lowest BCUT2D eigenvalue weighted by molar-refractivity contribution is -0.137. The minimum Gasteiger partial charge on any atom is -0.481 e. The van der Waals surface area contributed by atoms with E-state index in [1.54, 1.807) is 4.68 Å². The molecule has 9 heteroatoms. The number of nitrogens with one attached hydrogen (secondary N) is 1. The van der Waals surface area contributed by atoms with Crippen molar-refractivity contribution in [2.45, 2.75) is 39.2 Å². The van der Waals surface area contributed by atoms with Crippen LogP contribution >= 0.6 is 0 Å². The third-order valence-corrected chi connectivity index (χ3v) is 4.74. The average Bonchev–Trinajstić information content (AvgIpc) is 3.29. The number of aliphatic carboxylic acids is 1. The lowest BCUT2D eigenvalue weighted by Crippen LogP contribution is -2.08. The van der Waals surface area contributed by atoms with E-state index in [4.69, 9.17) is 14.6 Å². The number of carboxylic acids is 1. The van der Waals surface area contributed by atoms with Crippen LogP contribution in [-0.2, 0) is 31.2 Å². The van der Waals surface area contributed by atoms with Crippen LogP contribution in [-0.4, -0.2) is 37.6 Å². The number of nitrogens with zero attached hydrogens (tertiary/aromatic N) is 4. The standard InChI is InChI=1S/C20H23N5O4/c1-3-4-13-18-19(25(2)24-13)20(23-16(22-18)7-8-17(26)27)21-10-12-5-6-14-15(9-12)29-11-28-14/h5-6,9H,3-4,7-8,10-11H2,1-2H3,(H,26,27)(H,21,22,23). The monoisotopic (exact) mass is 397 g/mol. The second-order valence-electron chi connectivity index (χ2n) is 6.94. The summed E-state index contributed by atoms with van der Waals surface area (Å²) in [6, 6.07) is 5.79. The van der Waals surface area contributed by atoms with Crippen LogP contribution < -0.4 is 14.8 Å². The maximum atomic E-state index is 11.0. The van der Waals surface area contributed by atoms with Crippen molar-refractivity contribution in [1.29, 1.82) is 0 Å². The first-order valence-electron chi connectivity index (χ1n) is 9.62. The van der Waals surface area contributed by atoms with Crippen molar-refractivity contribution in [3.63, 3.8) is 0 Å². The van der Waals surface area contributed by atoms with E-state index >= 15 is 0 Å². The molecular formula is C20H23N5O4. The summed E-state index contributed by atoms with van der Waals surface area (Å²) < 4.78 is 12.6. The topological polar surface area (TPSA) is 111 Å². The molecule has 0 amide bonds. The molecule has 3 heterocycles. The average molecular weight is 397 g/mol. The molecular weight excluding hydrogens is 374 g/mol. The van der Waals surface area contributed by atoms with Crippen LogP contribution in [0.4, 0.5) is 5.82 Å². The van der Waals surface area contributed by atoms with E-state index in [9.17, 15) is 4.79 Å². The number of ether oxygens (including phenoxy) is 2. The fourth-order valence-electron chi connectivity index (χ4n) is 3.38. The first-order chi connectivity index (χ1) is 14.0. The van der Waals surface area contributed by atoms with Gasteiger partial charge in [0.15, 0.2) is 17.3 Å². The number of aryl methyl sites for hydroxylation is 3. The Morgan fingerprint density at radius 2 is 2.07 bits per heavy atom. The lowest BCUT2D eigenvalue weighted by Gasteiger charge is -2.10. The highest BCUT2D eigenvalue weighted by atomic mass is 16.7. The normalized spacial score (nSPS) is 12.5. The molecule has 0 saturated carbocycles. The number of aromatic nitrogens is 4. The summed E-state index contributed by atoms with van der Waals surface area (Å²) in [5.74, 6) is 1.74. The molecule has 1 aromatic carbocycles. The minimum atomic E-state index is -0.872. The van der Waals surface area contributed by atoms with E-state index < -0.39 is 5.97 Å². The summed E-state index contributed by atoms with van der Waals surface area (Å²) in [5.41, 5.74) is 3.50. The molecule has 29 heavy (non-hydrogen) atoms. The minimum absolute atomic E-state index is 0.0174. The zero-order valence-electron chi connectivity index (χ0n) is 16.4. The Bertz CT molecular complexity index is 1060.